The number of hydrogen-bond acceptors (Lipinski definition) is 5. The first-order valence-electron chi connectivity index (χ1n) is 8.84. The third-order valence-electron chi connectivity index (χ3n) is 4.51. The molecule has 0 unspecified atom stereocenters. The molecular weight excluding hydrogens is 368 g/mol. The van der Waals surface area contributed by atoms with E-state index >= 15 is 0 Å². The highest BCUT2D eigenvalue weighted by Crippen LogP contribution is 2.21. The predicted octanol–water partition coefficient (Wildman–Crippen LogP) is 1.06. The lowest BCUT2D eigenvalue weighted by Gasteiger charge is -2.33. The van der Waals surface area contributed by atoms with E-state index in [-0.39, 0.29) is 4.90 Å². The van der Waals surface area contributed by atoms with Gasteiger partial charge in [-0.25, -0.2) is 13.2 Å². The fourth-order valence-corrected chi connectivity index (χ4v) is 4.37. The van der Waals surface area contributed by atoms with Crippen molar-refractivity contribution >= 4 is 21.7 Å². The summed E-state index contributed by atoms with van der Waals surface area (Å²) in [5.74, 6) is 0. The van der Waals surface area contributed by atoms with Gasteiger partial charge in [-0.15, -0.1) is 0 Å². The number of piperazine rings is 1. The van der Waals surface area contributed by atoms with E-state index in [0.717, 1.165) is 25.3 Å². The minimum absolute atomic E-state index is 0.179. The molecule has 1 aromatic carbocycles. The molecule has 1 aromatic heterocycles. The summed E-state index contributed by atoms with van der Waals surface area (Å²) in [6.45, 7) is 5.67. The highest BCUT2D eigenvalue weighted by Gasteiger charge is 2.28. The Morgan fingerprint density at radius 2 is 2.00 bits per heavy atom. The average molecular weight is 392 g/mol. The van der Waals surface area contributed by atoms with Gasteiger partial charge in [0.2, 0.25) is 10.0 Å². The number of sulfonamides is 1. The van der Waals surface area contributed by atoms with E-state index in [1.54, 1.807) is 30.5 Å². The van der Waals surface area contributed by atoms with Crippen LogP contribution < -0.4 is 10.6 Å². The number of carbonyl (C=O) groups excluding carboxylic acids is 1. The van der Waals surface area contributed by atoms with E-state index < -0.39 is 16.1 Å². The molecule has 2 heterocycles. The van der Waals surface area contributed by atoms with Crippen molar-refractivity contribution in [2.45, 2.75) is 18.4 Å². The van der Waals surface area contributed by atoms with Gasteiger partial charge in [0.05, 0.1) is 17.1 Å². The van der Waals surface area contributed by atoms with E-state index in [2.05, 4.69) is 32.7 Å². The van der Waals surface area contributed by atoms with Crippen LogP contribution in [0.4, 0.5) is 10.5 Å². The number of hydrogen-bond donors (Lipinski definition) is 3. The molecule has 1 saturated heterocycles. The second-order valence-electron chi connectivity index (χ2n) is 6.26. The van der Waals surface area contributed by atoms with Crippen molar-refractivity contribution in [3.8, 4) is 0 Å². The summed E-state index contributed by atoms with van der Waals surface area (Å²) in [4.78, 5) is 14.4. The minimum atomic E-state index is -3.58. The van der Waals surface area contributed by atoms with Crippen molar-refractivity contribution in [3.05, 3.63) is 42.2 Å². The minimum Gasteiger partial charge on any atom is -0.332 e. The maximum absolute atomic E-state index is 12.9. The molecule has 0 bridgehead atoms. The first-order chi connectivity index (χ1) is 13.0. The van der Waals surface area contributed by atoms with Gasteiger partial charge in [0.25, 0.3) is 0 Å². The zero-order chi connectivity index (χ0) is 19.3. The number of benzene rings is 1. The first kappa shape index (κ1) is 19.3. The number of aromatic nitrogens is 2. The third kappa shape index (κ3) is 4.85. The summed E-state index contributed by atoms with van der Waals surface area (Å²) < 4.78 is 27.2. The Balaban J connectivity index is 1.63. The summed E-state index contributed by atoms with van der Waals surface area (Å²) in [6, 6.07) is 7.65. The quantitative estimate of drug-likeness (QED) is 0.681. The maximum atomic E-state index is 12.9. The lowest BCUT2D eigenvalue weighted by atomic mass is 10.3. The molecule has 0 aliphatic carbocycles. The number of urea groups is 1. The highest BCUT2D eigenvalue weighted by atomic mass is 32.2. The third-order valence-corrected chi connectivity index (χ3v) is 6.40. The Kier molecular flexibility index (Phi) is 6.09. The molecule has 9 nitrogen and oxygen atoms in total. The molecule has 10 heteroatoms. The average Bonchev–Trinajstić information content (AvgIpc) is 3.20. The number of anilines is 1. The monoisotopic (exact) mass is 392 g/mol. The Labute approximate surface area is 158 Å². The maximum Gasteiger partial charge on any atom is 0.319 e. The smallest absolute Gasteiger partial charge is 0.319 e. The number of amides is 2. The Morgan fingerprint density at radius 1 is 1.22 bits per heavy atom. The predicted molar refractivity (Wildman–Crippen MR) is 102 cm³/mol. The highest BCUT2D eigenvalue weighted by molar-refractivity contribution is 7.89. The molecule has 1 aliphatic rings. The SMILES string of the molecule is CCN1CCN(S(=O)(=O)c2cccc(NC(=O)NCc3ccn[nH]3)c2)CC1. The largest absolute Gasteiger partial charge is 0.332 e. The zero-order valence-electron chi connectivity index (χ0n) is 15.2. The Bertz CT molecular complexity index is 861. The molecule has 2 aromatic rings. The molecule has 1 fully saturated rings. The molecule has 3 N–H and O–H groups in total. The fourth-order valence-electron chi connectivity index (χ4n) is 2.90. The standard InChI is InChI=1S/C17H24N6O3S/c1-2-22-8-10-23(11-9-22)27(25,26)16-5-3-4-14(12-16)20-17(24)18-13-15-6-7-19-21-15/h3-7,12H,2,8-11,13H2,1H3,(H,19,21)(H2,18,20,24). The van der Waals surface area contributed by atoms with Crippen LogP contribution in [0.15, 0.2) is 41.4 Å². The molecule has 2 amide bonds. The van der Waals surface area contributed by atoms with Gasteiger partial charge in [0.15, 0.2) is 0 Å². The number of rotatable bonds is 6. The van der Waals surface area contributed by atoms with Crippen LogP contribution in [0, 0.1) is 0 Å². The first-order valence-corrected chi connectivity index (χ1v) is 10.3. The van der Waals surface area contributed by atoms with Gasteiger partial charge in [0, 0.05) is 38.1 Å². The molecule has 1 aliphatic heterocycles. The summed E-state index contributed by atoms with van der Waals surface area (Å²) >= 11 is 0. The number of aromatic amines is 1. The number of nitrogens with one attached hydrogen (secondary N) is 3. The van der Waals surface area contributed by atoms with Gasteiger partial charge in [-0.05, 0) is 30.8 Å². The van der Waals surface area contributed by atoms with E-state index in [9.17, 15) is 13.2 Å². The summed E-state index contributed by atoms with van der Waals surface area (Å²) in [7, 11) is -3.58. The lowest BCUT2D eigenvalue weighted by Crippen LogP contribution is -2.48. The van der Waals surface area contributed by atoms with Crippen LogP contribution >= 0.6 is 0 Å². The van der Waals surface area contributed by atoms with E-state index in [1.165, 1.54) is 10.4 Å². The van der Waals surface area contributed by atoms with Crippen molar-refractivity contribution in [2.75, 3.05) is 38.0 Å². The molecule has 0 radical (unpaired) electrons. The van der Waals surface area contributed by atoms with Crippen molar-refractivity contribution in [3.63, 3.8) is 0 Å². The van der Waals surface area contributed by atoms with Gasteiger partial charge in [-0.3, -0.25) is 5.10 Å². The number of H-pyrrole nitrogens is 1. The van der Waals surface area contributed by atoms with Crippen LogP contribution in [0.2, 0.25) is 0 Å². The van der Waals surface area contributed by atoms with Crippen LogP contribution in [0.25, 0.3) is 0 Å². The summed E-state index contributed by atoms with van der Waals surface area (Å²) in [6.07, 6.45) is 1.60. The van der Waals surface area contributed by atoms with E-state index in [0.29, 0.717) is 25.3 Å². The van der Waals surface area contributed by atoms with Gasteiger partial charge >= 0.3 is 6.03 Å². The van der Waals surface area contributed by atoms with Crippen molar-refractivity contribution < 1.29 is 13.2 Å². The normalized spacial score (nSPS) is 16.2. The number of likely N-dealkylation sites (N-methyl/N-ethyl adjacent to an activating group) is 1. The molecule has 146 valence electrons. The number of carbonyl (C=O) groups is 1. The lowest BCUT2D eigenvalue weighted by molar-refractivity contribution is 0.196. The van der Waals surface area contributed by atoms with Crippen molar-refractivity contribution in [1.82, 2.24) is 24.7 Å². The second kappa shape index (κ2) is 8.51. The topological polar surface area (TPSA) is 110 Å². The summed E-state index contributed by atoms with van der Waals surface area (Å²) in [5.41, 5.74) is 1.19. The fraction of sp³-hybridized carbons (Fsp3) is 0.412. The number of nitrogens with zero attached hydrogens (tertiary/aromatic N) is 3. The Hall–Kier alpha value is -2.43. The van der Waals surface area contributed by atoms with Crippen LogP contribution in [-0.2, 0) is 16.6 Å². The van der Waals surface area contributed by atoms with Gasteiger partial charge in [-0.2, -0.15) is 9.40 Å². The van der Waals surface area contributed by atoms with Gasteiger partial charge in [-0.1, -0.05) is 13.0 Å². The molecule has 0 atom stereocenters. The Morgan fingerprint density at radius 3 is 2.67 bits per heavy atom. The summed E-state index contributed by atoms with van der Waals surface area (Å²) in [5, 5.41) is 11.9. The second-order valence-corrected chi connectivity index (χ2v) is 8.19. The van der Waals surface area contributed by atoms with Crippen LogP contribution in [0.1, 0.15) is 12.6 Å². The zero-order valence-corrected chi connectivity index (χ0v) is 16.0. The van der Waals surface area contributed by atoms with Gasteiger partial charge in [0.1, 0.15) is 0 Å². The van der Waals surface area contributed by atoms with Crippen LogP contribution in [0.5, 0.6) is 0 Å². The molecular formula is C17H24N6O3S. The van der Waals surface area contributed by atoms with Crippen LogP contribution in [0.3, 0.4) is 0 Å². The van der Waals surface area contributed by atoms with Gasteiger partial charge < -0.3 is 15.5 Å². The van der Waals surface area contributed by atoms with E-state index in [4.69, 9.17) is 0 Å². The molecule has 27 heavy (non-hydrogen) atoms. The molecule has 3 rings (SSSR count). The van der Waals surface area contributed by atoms with Crippen LogP contribution in [-0.4, -0.2) is 66.6 Å². The van der Waals surface area contributed by atoms with Crippen molar-refractivity contribution in [2.24, 2.45) is 0 Å². The van der Waals surface area contributed by atoms with E-state index in [1.807, 2.05) is 0 Å². The molecule has 0 saturated carbocycles. The van der Waals surface area contributed by atoms with Crippen molar-refractivity contribution in [1.29, 1.82) is 0 Å². The molecule has 0 spiro atoms.